The first-order chi connectivity index (χ1) is 4.83. The van der Waals surface area contributed by atoms with Crippen LogP contribution < -0.4 is 5.32 Å². The smallest absolute Gasteiger partial charge is 0.207 e. The Morgan fingerprint density at radius 3 is 2.70 bits per heavy atom. The summed E-state index contributed by atoms with van der Waals surface area (Å²) in [5, 5.41) is 2.64. The summed E-state index contributed by atoms with van der Waals surface area (Å²) in [6.45, 7) is 0.660. The van der Waals surface area contributed by atoms with E-state index in [2.05, 4.69) is 5.32 Å². The summed E-state index contributed by atoms with van der Waals surface area (Å²) < 4.78 is 5.25. The number of hydrogen-bond donors (Lipinski definition) is 1. The Morgan fingerprint density at radius 2 is 2.40 bits per heavy atom. The zero-order chi connectivity index (χ0) is 7.45. The minimum absolute atomic E-state index is 0.0269. The van der Waals surface area contributed by atoms with E-state index in [0.717, 1.165) is 19.3 Å². The van der Waals surface area contributed by atoms with Gasteiger partial charge in [0.25, 0.3) is 0 Å². The van der Waals surface area contributed by atoms with Gasteiger partial charge in [0.05, 0.1) is 5.60 Å². The summed E-state index contributed by atoms with van der Waals surface area (Å²) in [7, 11) is 1.70. The molecule has 0 heterocycles. The van der Waals surface area contributed by atoms with Gasteiger partial charge in [-0.05, 0) is 19.3 Å². The van der Waals surface area contributed by atoms with Gasteiger partial charge in [0, 0.05) is 13.7 Å². The molecule has 0 atom stereocenters. The first-order valence-electron chi connectivity index (χ1n) is 3.55. The fourth-order valence-corrected chi connectivity index (χ4v) is 1.25. The molecule has 1 aliphatic carbocycles. The fraction of sp³-hybridized carbons (Fsp3) is 0.857. The molecule has 0 aromatic heterocycles. The maximum atomic E-state index is 9.94. The SMILES string of the molecule is COC1(CNC=O)CCC1. The molecule has 0 radical (unpaired) electrons. The number of carbonyl (C=O) groups excluding carboxylic acids is 1. The number of amides is 1. The molecule has 1 fully saturated rings. The minimum atomic E-state index is -0.0269. The Kier molecular flexibility index (Phi) is 2.27. The highest BCUT2D eigenvalue weighted by atomic mass is 16.5. The molecular weight excluding hydrogens is 130 g/mol. The van der Waals surface area contributed by atoms with Gasteiger partial charge in [0.15, 0.2) is 0 Å². The van der Waals surface area contributed by atoms with Crippen LogP contribution >= 0.6 is 0 Å². The van der Waals surface area contributed by atoms with E-state index in [0.29, 0.717) is 6.54 Å². The third-order valence-electron chi connectivity index (χ3n) is 2.21. The van der Waals surface area contributed by atoms with Gasteiger partial charge in [0.1, 0.15) is 0 Å². The van der Waals surface area contributed by atoms with Crippen molar-refractivity contribution < 1.29 is 9.53 Å². The molecule has 1 saturated carbocycles. The Balaban J connectivity index is 2.26. The van der Waals surface area contributed by atoms with E-state index in [1.165, 1.54) is 6.42 Å². The van der Waals surface area contributed by atoms with Crippen LogP contribution in [0.4, 0.5) is 0 Å². The van der Waals surface area contributed by atoms with Gasteiger partial charge in [-0.3, -0.25) is 4.79 Å². The van der Waals surface area contributed by atoms with Gasteiger partial charge in [-0.25, -0.2) is 0 Å². The van der Waals surface area contributed by atoms with Crippen molar-refractivity contribution in [3.05, 3.63) is 0 Å². The monoisotopic (exact) mass is 143 g/mol. The van der Waals surface area contributed by atoms with Crippen molar-refractivity contribution in [2.45, 2.75) is 24.9 Å². The standard InChI is InChI=1S/C7H13NO2/c1-10-7(3-2-4-7)5-8-6-9/h6H,2-5H2,1H3,(H,8,9). The van der Waals surface area contributed by atoms with Crippen molar-refractivity contribution in [3.8, 4) is 0 Å². The minimum Gasteiger partial charge on any atom is -0.376 e. The Hall–Kier alpha value is -0.570. The molecule has 1 aliphatic rings. The molecule has 0 bridgehead atoms. The highest BCUT2D eigenvalue weighted by molar-refractivity contribution is 5.46. The molecule has 0 aliphatic heterocycles. The van der Waals surface area contributed by atoms with Crippen LogP contribution in [-0.4, -0.2) is 25.7 Å². The summed E-state index contributed by atoms with van der Waals surface area (Å²) in [6, 6.07) is 0. The molecule has 3 nitrogen and oxygen atoms in total. The van der Waals surface area contributed by atoms with Gasteiger partial charge >= 0.3 is 0 Å². The Labute approximate surface area is 60.7 Å². The maximum Gasteiger partial charge on any atom is 0.207 e. The number of carbonyl (C=O) groups is 1. The zero-order valence-electron chi connectivity index (χ0n) is 6.22. The molecule has 58 valence electrons. The number of nitrogens with one attached hydrogen (secondary N) is 1. The van der Waals surface area contributed by atoms with Gasteiger partial charge in [-0.2, -0.15) is 0 Å². The molecule has 10 heavy (non-hydrogen) atoms. The second-order valence-electron chi connectivity index (χ2n) is 2.74. The van der Waals surface area contributed by atoms with Gasteiger partial charge in [-0.15, -0.1) is 0 Å². The molecular formula is C7H13NO2. The molecule has 0 unspecified atom stereocenters. The van der Waals surface area contributed by atoms with Crippen LogP contribution in [0.3, 0.4) is 0 Å². The van der Waals surface area contributed by atoms with Gasteiger partial charge < -0.3 is 10.1 Å². The average molecular weight is 143 g/mol. The molecule has 3 heteroatoms. The summed E-state index contributed by atoms with van der Waals surface area (Å²) in [6.07, 6.45) is 4.09. The van der Waals surface area contributed by atoms with E-state index in [9.17, 15) is 4.79 Å². The first kappa shape index (κ1) is 7.54. The Morgan fingerprint density at radius 1 is 1.70 bits per heavy atom. The van der Waals surface area contributed by atoms with Crippen LogP contribution in [0, 0.1) is 0 Å². The summed E-state index contributed by atoms with van der Waals surface area (Å²) in [5.74, 6) is 0. The highest BCUT2D eigenvalue weighted by Crippen LogP contribution is 2.33. The molecule has 0 spiro atoms. The molecule has 1 amide bonds. The summed E-state index contributed by atoms with van der Waals surface area (Å²) >= 11 is 0. The number of hydrogen-bond acceptors (Lipinski definition) is 2. The fourth-order valence-electron chi connectivity index (χ4n) is 1.25. The summed E-state index contributed by atoms with van der Waals surface area (Å²) in [4.78, 5) is 9.94. The third kappa shape index (κ3) is 1.29. The van der Waals surface area contributed by atoms with E-state index in [1.807, 2.05) is 0 Å². The third-order valence-corrected chi connectivity index (χ3v) is 2.21. The van der Waals surface area contributed by atoms with Crippen molar-refractivity contribution in [2.75, 3.05) is 13.7 Å². The van der Waals surface area contributed by atoms with Crippen molar-refractivity contribution in [2.24, 2.45) is 0 Å². The number of methoxy groups -OCH3 is 1. The number of ether oxygens (including phenoxy) is 1. The van der Waals surface area contributed by atoms with Gasteiger partial charge in [-0.1, -0.05) is 0 Å². The normalized spacial score (nSPS) is 21.3. The lowest BCUT2D eigenvalue weighted by atomic mass is 9.80. The molecule has 0 aromatic carbocycles. The average Bonchev–Trinajstić information content (AvgIpc) is 1.87. The topological polar surface area (TPSA) is 38.3 Å². The lowest BCUT2D eigenvalue weighted by Gasteiger charge is -2.40. The lowest BCUT2D eigenvalue weighted by Crippen LogP contribution is -2.47. The molecule has 1 rings (SSSR count). The zero-order valence-corrected chi connectivity index (χ0v) is 6.22. The van der Waals surface area contributed by atoms with Crippen molar-refractivity contribution in [1.29, 1.82) is 0 Å². The summed E-state index contributed by atoms with van der Waals surface area (Å²) in [5.41, 5.74) is -0.0269. The van der Waals surface area contributed by atoms with Crippen molar-refractivity contribution >= 4 is 6.41 Å². The lowest BCUT2D eigenvalue weighted by molar-refractivity contribution is -0.113. The van der Waals surface area contributed by atoms with E-state index in [4.69, 9.17) is 4.74 Å². The second kappa shape index (κ2) is 3.01. The molecule has 0 aromatic rings. The largest absolute Gasteiger partial charge is 0.376 e. The van der Waals surface area contributed by atoms with E-state index in [-0.39, 0.29) is 5.60 Å². The quantitative estimate of drug-likeness (QED) is 0.575. The van der Waals surface area contributed by atoms with Gasteiger partial charge in [0.2, 0.25) is 6.41 Å². The Bertz CT molecular complexity index is 115. The predicted octanol–water partition coefficient (Wildman–Crippen LogP) is 0.301. The first-order valence-corrected chi connectivity index (χ1v) is 3.55. The van der Waals surface area contributed by atoms with Crippen molar-refractivity contribution in [1.82, 2.24) is 5.32 Å². The maximum absolute atomic E-state index is 9.94. The molecule has 1 N–H and O–H groups in total. The van der Waals surface area contributed by atoms with Crippen LogP contribution in [0.1, 0.15) is 19.3 Å². The van der Waals surface area contributed by atoms with Crippen LogP contribution in [0.2, 0.25) is 0 Å². The second-order valence-corrected chi connectivity index (χ2v) is 2.74. The predicted molar refractivity (Wildman–Crippen MR) is 37.7 cm³/mol. The van der Waals surface area contributed by atoms with Crippen LogP contribution in [0.5, 0.6) is 0 Å². The number of rotatable bonds is 4. The van der Waals surface area contributed by atoms with Crippen LogP contribution in [-0.2, 0) is 9.53 Å². The highest BCUT2D eigenvalue weighted by Gasteiger charge is 2.36. The van der Waals surface area contributed by atoms with Crippen molar-refractivity contribution in [3.63, 3.8) is 0 Å². The van der Waals surface area contributed by atoms with Crippen LogP contribution in [0.25, 0.3) is 0 Å². The van der Waals surface area contributed by atoms with E-state index in [1.54, 1.807) is 7.11 Å². The van der Waals surface area contributed by atoms with E-state index >= 15 is 0 Å². The molecule has 0 saturated heterocycles. The van der Waals surface area contributed by atoms with Crippen LogP contribution in [0.15, 0.2) is 0 Å². The van der Waals surface area contributed by atoms with E-state index < -0.39 is 0 Å².